The average Bonchev–Trinajstić information content (AvgIpc) is 3.14. The first kappa shape index (κ1) is 15.7. The molecule has 2 atom stereocenters. The van der Waals surface area contributed by atoms with Crippen LogP contribution < -0.4 is 4.74 Å². The van der Waals surface area contributed by atoms with Crippen LogP contribution in [0.2, 0.25) is 0 Å². The molecule has 3 nitrogen and oxygen atoms in total. The molecule has 5 fully saturated rings. The lowest BCUT2D eigenvalue weighted by molar-refractivity contribution is -0.159. The van der Waals surface area contributed by atoms with Crippen molar-refractivity contribution in [2.24, 2.45) is 17.3 Å². The largest absolute Gasteiger partial charge is 0.497 e. The molecule has 0 radical (unpaired) electrons. The zero-order valence-corrected chi connectivity index (χ0v) is 15.3. The summed E-state index contributed by atoms with van der Waals surface area (Å²) in [6, 6.07) is 8.73. The highest BCUT2D eigenvalue weighted by Gasteiger charge is 2.61. The highest BCUT2D eigenvalue weighted by Crippen LogP contribution is 2.66. The molecule has 4 bridgehead atoms. The minimum atomic E-state index is -0.0612. The molecule has 3 heteroatoms. The number of rotatable bonds is 3. The maximum atomic E-state index is 13.5. The number of ether oxygens (including phenoxy) is 1. The van der Waals surface area contributed by atoms with E-state index in [2.05, 4.69) is 29.2 Å². The first-order valence-electron chi connectivity index (χ1n) is 10.1. The summed E-state index contributed by atoms with van der Waals surface area (Å²) < 4.78 is 5.35. The Morgan fingerprint density at radius 1 is 1.04 bits per heavy atom. The van der Waals surface area contributed by atoms with Crippen molar-refractivity contribution in [3.05, 3.63) is 29.8 Å². The van der Waals surface area contributed by atoms with Gasteiger partial charge in [0.25, 0.3) is 0 Å². The second kappa shape index (κ2) is 5.49. The van der Waals surface area contributed by atoms with E-state index in [9.17, 15) is 4.79 Å². The van der Waals surface area contributed by atoms with Crippen LogP contribution in [0.25, 0.3) is 0 Å². The van der Waals surface area contributed by atoms with Gasteiger partial charge in [0.15, 0.2) is 0 Å². The van der Waals surface area contributed by atoms with Crippen LogP contribution in [0.3, 0.4) is 0 Å². The Hall–Kier alpha value is -1.51. The predicted octanol–water partition coefficient (Wildman–Crippen LogP) is 4.16. The zero-order valence-electron chi connectivity index (χ0n) is 15.3. The fraction of sp³-hybridized carbons (Fsp3) is 0.682. The van der Waals surface area contributed by atoms with E-state index in [-0.39, 0.29) is 10.8 Å². The monoisotopic (exact) mass is 339 g/mol. The minimum Gasteiger partial charge on any atom is -0.497 e. The third-order valence-corrected chi connectivity index (χ3v) is 7.61. The lowest BCUT2D eigenvalue weighted by Crippen LogP contribution is -2.59. The van der Waals surface area contributed by atoms with Crippen LogP contribution in [0, 0.1) is 17.3 Å². The lowest BCUT2D eigenvalue weighted by atomic mass is 9.42. The molecular formula is C22H29NO2. The Labute approximate surface area is 150 Å². The Bertz CT molecular complexity index is 660. The van der Waals surface area contributed by atoms with Crippen molar-refractivity contribution < 1.29 is 9.53 Å². The molecule has 1 saturated heterocycles. The van der Waals surface area contributed by atoms with Gasteiger partial charge in [-0.05, 0) is 86.3 Å². The van der Waals surface area contributed by atoms with E-state index in [4.69, 9.17) is 4.74 Å². The number of hydrogen-bond acceptors (Lipinski definition) is 2. The topological polar surface area (TPSA) is 29.5 Å². The standard InChI is InChI=1S/C22H29NO2/c1-25-19-6-4-18(5-7-19)21-11-16-10-17(12-21)14-22(13-16,15-21)20(24)23-8-2-3-9-23/h4-7,16-17H,2-3,8-15H2,1H3/t16-,17-,21?,22?/m0/s1. The van der Waals surface area contributed by atoms with E-state index in [1.54, 1.807) is 7.11 Å². The molecule has 1 aliphatic heterocycles. The maximum absolute atomic E-state index is 13.5. The van der Waals surface area contributed by atoms with Crippen LogP contribution in [0.1, 0.15) is 56.9 Å². The van der Waals surface area contributed by atoms with E-state index >= 15 is 0 Å². The van der Waals surface area contributed by atoms with E-state index in [1.165, 1.54) is 37.7 Å². The molecule has 0 N–H and O–H groups in total. The van der Waals surface area contributed by atoms with Gasteiger partial charge in [-0.3, -0.25) is 4.79 Å². The van der Waals surface area contributed by atoms with E-state index in [1.807, 2.05) is 0 Å². The van der Waals surface area contributed by atoms with Crippen molar-refractivity contribution in [2.45, 2.75) is 56.8 Å². The molecule has 1 aromatic carbocycles. The summed E-state index contributed by atoms with van der Waals surface area (Å²) in [4.78, 5) is 15.7. The van der Waals surface area contributed by atoms with Gasteiger partial charge in [-0.25, -0.2) is 0 Å². The van der Waals surface area contributed by atoms with Crippen molar-refractivity contribution in [3.8, 4) is 5.75 Å². The number of amides is 1. The lowest BCUT2D eigenvalue weighted by Gasteiger charge is -2.62. The van der Waals surface area contributed by atoms with Gasteiger partial charge in [-0.1, -0.05) is 12.1 Å². The van der Waals surface area contributed by atoms with Crippen LogP contribution in [0.5, 0.6) is 5.75 Å². The van der Waals surface area contributed by atoms with Gasteiger partial charge < -0.3 is 9.64 Å². The molecule has 1 heterocycles. The van der Waals surface area contributed by atoms with Crippen molar-refractivity contribution >= 4 is 5.91 Å². The first-order valence-corrected chi connectivity index (χ1v) is 10.1. The van der Waals surface area contributed by atoms with Crippen LogP contribution in [0.4, 0.5) is 0 Å². The molecule has 25 heavy (non-hydrogen) atoms. The summed E-state index contributed by atoms with van der Waals surface area (Å²) in [6.07, 6.45) is 9.68. The predicted molar refractivity (Wildman–Crippen MR) is 97.6 cm³/mol. The molecule has 1 amide bonds. The normalized spacial score (nSPS) is 39.0. The third-order valence-electron chi connectivity index (χ3n) is 7.61. The molecular weight excluding hydrogens is 310 g/mol. The quantitative estimate of drug-likeness (QED) is 0.828. The fourth-order valence-corrected chi connectivity index (χ4v) is 7.05. The summed E-state index contributed by atoms with van der Waals surface area (Å²) >= 11 is 0. The second-order valence-electron chi connectivity index (χ2n) is 9.25. The van der Waals surface area contributed by atoms with E-state index in [0.717, 1.165) is 49.9 Å². The van der Waals surface area contributed by atoms with Crippen molar-refractivity contribution in [1.29, 1.82) is 0 Å². The van der Waals surface area contributed by atoms with Gasteiger partial charge in [-0.15, -0.1) is 0 Å². The SMILES string of the molecule is COc1ccc(C23C[C@@H]4C[C@H](CC(C(=O)N5CCCC5)(C4)C2)C3)cc1. The van der Waals surface area contributed by atoms with Gasteiger partial charge >= 0.3 is 0 Å². The van der Waals surface area contributed by atoms with Gasteiger partial charge in [0.05, 0.1) is 12.5 Å². The molecule has 4 saturated carbocycles. The van der Waals surface area contributed by atoms with Crippen molar-refractivity contribution in [2.75, 3.05) is 20.2 Å². The number of likely N-dealkylation sites (tertiary alicyclic amines) is 1. The van der Waals surface area contributed by atoms with Gasteiger partial charge in [0.2, 0.25) is 5.91 Å². The molecule has 1 aromatic rings. The first-order chi connectivity index (χ1) is 12.1. The van der Waals surface area contributed by atoms with Crippen molar-refractivity contribution in [3.63, 3.8) is 0 Å². The molecule has 6 rings (SSSR count). The van der Waals surface area contributed by atoms with E-state index in [0.29, 0.717) is 5.91 Å². The van der Waals surface area contributed by atoms with Crippen LogP contribution in [0.15, 0.2) is 24.3 Å². The summed E-state index contributed by atoms with van der Waals surface area (Å²) in [5.74, 6) is 2.91. The zero-order chi connectivity index (χ0) is 17.1. The third kappa shape index (κ3) is 2.34. The number of hydrogen-bond donors (Lipinski definition) is 0. The number of carbonyl (C=O) groups excluding carboxylic acids is 1. The number of methoxy groups -OCH3 is 1. The molecule has 4 aliphatic carbocycles. The molecule has 0 spiro atoms. The average molecular weight is 339 g/mol. The van der Waals surface area contributed by atoms with Gasteiger partial charge in [-0.2, -0.15) is 0 Å². The van der Waals surface area contributed by atoms with Gasteiger partial charge in [0, 0.05) is 13.1 Å². The van der Waals surface area contributed by atoms with Crippen LogP contribution in [-0.4, -0.2) is 31.0 Å². The minimum absolute atomic E-state index is 0.0612. The molecule has 0 unspecified atom stereocenters. The Kier molecular flexibility index (Phi) is 3.45. The number of nitrogens with zero attached hydrogens (tertiary/aromatic N) is 1. The van der Waals surface area contributed by atoms with Crippen LogP contribution in [-0.2, 0) is 10.2 Å². The fourth-order valence-electron chi connectivity index (χ4n) is 7.05. The summed E-state index contributed by atoms with van der Waals surface area (Å²) in [5.41, 5.74) is 1.61. The number of benzene rings is 1. The molecule has 134 valence electrons. The highest BCUT2D eigenvalue weighted by molar-refractivity contribution is 5.84. The van der Waals surface area contributed by atoms with E-state index < -0.39 is 0 Å². The van der Waals surface area contributed by atoms with Crippen molar-refractivity contribution in [1.82, 2.24) is 4.90 Å². The summed E-state index contributed by atoms with van der Waals surface area (Å²) in [5, 5.41) is 0. The number of carbonyl (C=O) groups is 1. The Morgan fingerprint density at radius 3 is 2.28 bits per heavy atom. The summed E-state index contributed by atoms with van der Waals surface area (Å²) in [6.45, 7) is 1.98. The Morgan fingerprint density at radius 2 is 1.68 bits per heavy atom. The smallest absolute Gasteiger partial charge is 0.228 e. The molecule has 0 aromatic heterocycles. The Balaban J connectivity index is 1.50. The summed E-state index contributed by atoms with van der Waals surface area (Å²) in [7, 11) is 1.73. The van der Waals surface area contributed by atoms with Gasteiger partial charge in [0.1, 0.15) is 5.75 Å². The maximum Gasteiger partial charge on any atom is 0.228 e. The van der Waals surface area contributed by atoms with Crippen LogP contribution >= 0.6 is 0 Å². The second-order valence-corrected chi connectivity index (χ2v) is 9.25. The highest BCUT2D eigenvalue weighted by atomic mass is 16.5. The molecule has 5 aliphatic rings.